The van der Waals surface area contributed by atoms with E-state index < -0.39 is 0 Å². The highest BCUT2D eigenvalue weighted by Gasteiger charge is 2.26. The molecule has 3 rings (SSSR count). The van der Waals surface area contributed by atoms with Crippen LogP contribution >= 0.6 is 11.3 Å². The maximum Gasteiger partial charge on any atom is 0.171 e. The number of thiophene rings is 1. The molecule has 2 aromatic heterocycles. The van der Waals surface area contributed by atoms with Gasteiger partial charge >= 0.3 is 0 Å². The maximum absolute atomic E-state index is 5.78. The smallest absolute Gasteiger partial charge is 0.171 e. The zero-order valence-electron chi connectivity index (χ0n) is 8.18. The summed E-state index contributed by atoms with van der Waals surface area (Å²) in [6, 6.07) is 5.92. The number of rotatable bonds is 2. The fourth-order valence-electron chi connectivity index (χ4n) is 1.59. The first-order valence-electron chi connectivity index (χ1n) is 5.01. The molecule has 2 aromatic rings. The maximum atomic E-state index is 5.78. The fraction of sp³-hybridized carbons (Fsp3) is 0.273. The third kappa shape index (κ3) is 1.72. The molecular weight excluding hydrogens is 206 g/mol. The number of nitrogen functional groups attached to an aromatic ring is 1. The molecule has 2 N–H and O–H groups in total. The van der Waals surface area contributed by atoms with Crippen molar-refractivity contribution >= 4 is 17.2 Å². The molecule has 0 saturated heterocycles. The zero-order valence-corrected chi connectivity index (χ0v) is 9.00. The highest BCUT2D eigenvalue weighted by molar-refractivity contribution is 7.13. The van der Waals surface area contributed by atoms with Crippen LogP contribution in [0.2, 0.25) is 0 Å². The van der Waals surface area contributed by atoms with Crippen molar-refractivity contribution in [3.05, 3.63) is 29.3 Å². The van der Waals surface area contributed by atoms with Crippen molar-refractivity contribution < 1.29 is 0 Å². The Morgan fingerprint density at radius 2 is 2.20 bits per heavy atom. The number of aromatic nitrogens is 2. The predicted octanol–water partition coefficient (Wildman–Crippen LogP) is 2.66. The number of hydrogen-bond acceptors (Lipinski definition) is 4. The van der Waals surface area contributed by atoms with E-state index in [0.717, 1.165) is 16.4 Å². The van der Waals surface area contributed by atoms with Crippen molar-refractivity contribution in [3.63, 3.8) is 0 Å². The lowest BCUT2D eigenvalue weighted by Gasteiger charge is -2.02. The Hall–Kier alpha value is -1.42. The topological polar surface area (TPSA) is 51.8 Å². The van der Waals surface area contributed by atoms with Crippen molar-refractivity contribution in [3.8, 4) is 10.7 Å². The molecule has 0 amide bonds. The number of anilines is 1. The van der Waals surface area contributed by atoms with Crippen LogP contribution in [0.4, 0.5) is 5.82 Å². The molecule has 1 saturated carbocycles. The van der Waals surface area contributed by atoms with Gasteiger partial charge in [-0.25, -0.2) is 9.97 Å². The number of nitrogens with zero attached hydrogens (tertiary/aromatic N) is 2. The second-order valence-corrected chi connectivity index (χ2v) is 4.74. The van der Waals surface area contributed by atoms with Gasteiger partial charge in [0.1, 0.15) is 5.82 Å². The van der Waals surface area contributed by atoms with E-state index in [9.17, 15) is 0 Å². The molecule has 0 unspecified atom stereocenters. The highest BCUT2D eigenvalue weighted by atomic mass is 32.1. The zero-order chi connectivity index (χ0) is 10.3. The van der Waals surface area contributed by atoms with Crippen LogP contribution in [0.3, 0.4) is 0 Å². The molecule has 0 aliphatic heterocycles. The lowest BCUT2D eigenvalue weighted by Crippen LogP contribution is -1.98. The summed E-state index contributed by atoms with van der Waals surface area (Å²) in [5, 5.41) is 2.03. The third-order valence-electron chi connectivity index (χ3n) is 2.50. The van der Waals surface area contributed by atoms with Crippen molar-refractivity contribution in [2.75, 3.05) is 5.73 Å². The highest BCUT2D eigenvalue weighted by Crippen LogP contribution is 2.40. The van der Waals surface area contributed by atoms with Gasteiger partial charge in [-0.1, -0.05) is 6.07 Å². The Morgan fingerprint density at radius 3 is 2.87 bits per heavy atom. The van der Waals surface area contributed by atoms with Crippen LogP contribution in [0.1, 0.15) is 24.5 Å². The Bertz CT molecular complexity index is 475. The molecule has 1 fully saturated rings. The fourth-order valence-corrected chi connectivity index (χ4v) is 2.25. The SMILES string of the molecule is Nc1cc(C2CC2)nc(-c2cccs2)n1. The summed E-state index contributed by atoms with van der Waals surface area (Å²) in [6.07, 6.45) is 2.47. The van der Waals surface area contributed by atoms with Crippen molar-refractivity contribution in [2.45, 2.75) is 18.8 Å². The van der Waals surface area contributed by atoms with Gasteiger partial charge in [-0.2, -0.15) is 0 Å². The van der Waals surface area contributed by atoms with E-state index in [1.807, 2.05) is 23.6 Å². The molecule has 0 bridgehead atoms. The van der Waals surface area contributed by atoms with Crippen molar-refractivity contribution in [1.82, 2.24) is 9.97 Å². The summed E-state index contributed by atoms with van der Waals surface area (Å²) in [5.41, 5.74) is 6.89. The molecule has 15 heavy (non-hydrogen) atoms. The van der Waals surface area contributed by atoms with Crippen LogP contribution in [0.15, 0.2) is 23.6 Å². The largest absolute Gasteiger partial charge is 0.384 e. The first-order valence-corrected chi connectivity index (χ1v) is 5.89. The minimum atomic E-state index is 0.579. The van der Waals surface area contributed by atoms with Gasteiger partial charge < -0.3 is 5.73 Å². The van der Waals surface area contributed by atoms with Gasteiger partial charge in [-0.05, 0) is 24.3 Å². The normalized spacial score (nSPS) is 15.5. The first-order chi connectivity index (χ1) is 7.33. The third-order valence-corrected chi connectivity index (χ3v) is 3.37. The Kier molecular flexibility index (Phi) is 1.95. The van der Waals surface area contributed by atoms with Crippen LogP contribution in [0.25, 0.3) is 10.7 Å². The molecule has 3 nitrogen and oxygen atoms in total. The van der Waals surface area contributed by atoms with E-state index in [1.165, 1.54) is 12.8 Å². The van der Waals surface area contributed by atoms with Crippen LogP contribution in [0.5, 0.6) is 0 Å². The first kappa shape index (κ1) is 8.85. The molecule has 0 aromatic carbocycles. The summed E-state index contributed by atoms with van der Waals surface area (Å²) in [7, 11) is 0. The standard InChI is InChI=1S/C11H11N3S/c12-10-6-8(7-3-4-7)13-11(14-10)9-2-1-5-15-9/h1-2,5-7H,3-4H2,(H2,12,13,14). The molecule has 0 atom stereocenters. The molecule has 1 aliphatic rings. The summed E-state index contributed by atoms with van der Waals surface area (Å²) < 4.78 is 0. The van der Waals surface area contributed by atoms with E-state index in [4.69, 9.17) is 5.73 Å². The second-order valence-electron chi connectivity index (χ2n) is 3.79. The molecule has 0 spiro atoms. The van der Waals surface area contributed by atoms with Crippen molar-refractivity contribution in [2.24, 2.45) is 0 Å². The van der Waals surface area contributed by atoms with Gasteiger partial charge in [0.15, 0.2) is 5.82 Å². The average molecular weight is 217 g/mol. The lowest BCUT2D eigenvalue weighted by atomic mass is 10.2. The van der Waals surface area contributed by atoms with E-state index in [1.54, 1.807) is 11.3 Å². The minimum Gasteiger partial charge on any atom is -0.384 e. The van der Waals surface area contributed by atoms with Crippen LogP contribution in [-0.4, -0.2) is 9.97 Å². The van der Waals surface area contributed by atoms with Crippen LogP contribution in [0, 0.1) is 0 Å². The Balaban J connectivity index is 2.07. The number of hydrogen-bond donors (Lipinski definition) is 1. The molecular formula is C11H11N3S. The molecule has 0 radical (unpaired) electrons. The summed E-state index contributed by atoms with van der Waals surface area (Å²) in [6.45, 7) is 0. The molecule has 2 heterocycles. The van der Waals surface area contributed by atoms with E-state index in [2.05, 4.69) is 9.97 Å². The van der Waals surface area contributed by atoms with Gasteiger partial charge in [0.05, 0.1) is 4.88 Å². The lowest BCUT2D eigenvalue weighted by molar-refractivity contribution is 1.00. The van der Waals surface area contributed by atoms with Gasteiger partial charge in [0.2, 0.25) is 0 Å². The van der Waals surface area contributed by atoms with Gasteiger partial charge in [0, 0.05) is 17.7 Å². The summed E-state index contributed by atoms with van der Waals surface area (Å²) in [5.74, 6) is 1.97. The summed E-state index contributed by atoms with van der Waals surface area (Å²) >= 11 is 1.64. The molecule has 4 heteroatoms. The van der Waals surface area contributed by atoms with E-state index in [-0.39, 0.29) is 0 Å². The van der Waals surface area contributed by atoms with Gasteiger partial charge in [-0.15, -0.1) is 11.3 Å². The Morgan fingerprint density at radius 1 is 1.33 bits per heavy atom. The van der Waals surface area contributed by atoms with E-state index >= 15 is 0 Å². The van der Waals surface area contributed by atoms with Gasteiger partial charge in [-0.3, -0.25) is 0 Å². The minimum absolute atomic E-state index is 0.579. The summed E-state index contributed by atoms with van der Waals surface area (Å²) in [4.78, 5) is 9.91. The Labute approximate surface area is 92.0 Å². The van der Waals surface area contributed by atoms with Crippen LogP contribution in [-0.2, 0) is 0 Å². The quantitative estimate of drug-likeness (QED) is 0.841. The average Bonchev–Trinajstić information content (AvgIpc) is 2.93. The molecule has 1 aliphatic carbocycles. The number of nitrogens with two attached hydrogens (primary N) is 1. The van der Waals surface area contributed by atoms with Crippen LogP contribution < -0.4 is 5.73 Å². The van der Waals surface area contributed by atoms with E-state index in [0.29, 0.717) is 11.7 Å². The molecule has 76 valence electrons. The monoisotopic (exact) mass is 217 g/mol. The van der Waals surface area contributed by atoms with Crippen molar-refractivity contribution in [1.29, 1.82) is 0 Å². The predicted molar refractivity (Wildman–Crippen MR) is 61.7 cm³/mol. The second kappa shape index (κ2) is 3.31. The van der Waals surface area contributed by atoms with Gasteiger partial charge in [0.25, 0.3) is 0 Å².